The van der Waals surface area contributed by atoms with Gasteiger partial charge in [-0.2, -0.15) is 4.21 Å². The van der Waals surface area contributed by atoms with Gasteiger partial charge in [0.05, 0.1) is 13.7 Å². The third-order valence-corrected chi connectivity index (χ3v) is 2.83. The summed E-state index contributed by atoms with van der Waals surface area (Å²) in [5, 5.41) is 0. The normalized spacial score (nSPS) is 14.1. The van der Waals surface area contributed by atoms with Crippen molar-refractivity contribution in [3.8, 4) is 0 Å². The van der Waals surface area contributed by atoms with Crippen LogP contribution in [0.15, 0.2) is 36.5 Å². The quantitative estimate of drug-likeness (QED) is 0.423. The molecule has 0 saturated heterocycles. The van der Waals surface area contributed by atoms with E-state index in [0.717, 1.165) is 32.1 Å². The molecule has 0 bridgehead atoms. The van der Waals surface area contributed by atoms with Gasteiger partial charge in [-0.1, -0.05) is 36.5 Å². The second-order valence-electron chi connectivity index (χ2n) is 3.67. The van der Waals surface area contributed by atoms with Crippen molar-refractivity contribution >= 4 is 11.4 Å². The van der Waals surface area contributed by atoms with Crippen LogP contribution in [0, 0.1) is 0 Å². The van der Waals surface area contributed by atoms with E-state index in [1.54, 1.807) is 0 Å². The van der Waals surface area contributed by atoms with E-state index in [4.69, 9.17) is 4.18 Å². The van der Waals surface area contributed by atoms with Gasteiger partial charge in [-0.25, -0.2) is 0 Å². The third kappa shape index (κ3) is 13.4. The highest BCUT2D eigenvalue weighted by molar-refractivity contribution is 7.75. The highest BCUT2D eigenvalue weighted by Gasteiger charge is 1.95. The summed E-state index contributed by atoms with van der Waals surface area (Å²) in [7, 11) is 1.36. The maximum atomic E-state index is 10.7. The van der Waals surface area contributed by atoms with E-state index in [1.807, 2.05) is 6.92 Å². The maximum absolute atomic E-state index is 10.7. The lowest BCUT2D eigenvalue weighted by Crippen LogP contribution is -2.00. The SMILES string of the molecule is C/C=C\C/C=C/C/C=C/CCCCOS(=O)OC. The molecule has 0 aromatic rings. The van der Waals surface area contributed by atoms with Crippen LogP contribution < -0.4 is 0 Å². The molecule has 0 radical (unpaired) electrons. The second-order valence-corrected chi connectivity index (χ2v) is 4.65. The summed E-state index contributed by atoms with van der Waals surface area (Å²) in [5.74, 6) is 0. The van der Waals surface area contributed by atoms with Gasteiger partial charge < -0.3 is 0 Å². The van der Waals surface area contributed by atoms with E-state index in [0.29, 0.717) is 6.61 Å². The molecule has 1 unspecified atom stereocenters. The van der Waals surface area contributed by atoms with E-state index < -0.39 is 11.4 Å². The van der Waals surface area contributed by atoms with Crippen LogP contribution in [-0.2, 0) is 19.7 Å². The van der Waals surface area contributed by atoms with Crippen molar-refractivity contribution in [2.45, 2.75) is 39.0 Å². The van der Waals surface area contributed by atoms with Crippen molar-refractivity contribution in [2.75, 3.05) is 13.7 Å². The molecular formula is C14H24O3S. The first-order valence-corrected chi connectivity index (χ1v) is 7.32. The van der Waals surface area contributed by atoms with Crippen LogP contribution in [0.2, 0.25) is 0 Å². The molecule has 0 aliphatic carbocycles. The predicted molar refractivity (Wildman–Crippen MR) is 77.3 cm³/mol. The Labute approximate surface area is 113 Å². The molecule has 0 N–H and O–H groups in total. The predicted octanol–water partition coefficient (Wildman–Crippen LogP) is 3.87. The fourth-order valence-corrected chi connectivity index (χ4v) is 1.59. The molecule has 0 saturated carbocycles. The van der Waals surface area contributed by atoms with E-state index in [2.05, 4.69) is 40.6 Å². The Bertz CT molecular complexity index is 283. The standard InChI is InChI=1S/C14H24O3S/c1-3-4-5-6-7-8-9-10-11-12-13-14-17-18(15)16-2/h3-4,6-7,9-10H,5,8,11-14H2,1-2H3/b4-3-,7-6+,10-9+. The van der Waals surface area contributed by atoms with Crippen LogP contribution in [0.25, 0.3) is 0 Å². The van der Waals surface area contributed by atoms with Gasteiger partial charge in [0.25, 0.3) is 0 Å². The second kappa shape index (κ2) is 14.4. The minimum absolute atomic E-state index is 0.484. The Hall–Kier alpha value is -0.710. The zero-order valence-corrected chi connectivity index (χ0v) is 12.2. The fraction of sp³-hybridized carbons (Fsp3) is 0.571. The van der Waals surface area contributed by atoms with E-state index in [9.17, 15) is 4.21 Å². The van der Waals surface area contributed by atoms with Crippen molar-refractivity contribution in [3.05, 3.63) is 36.5 Å². The van der Waals surface area contributed by atoms with Gasteiger partial charge in [-0.15, -0.1) is 0 Å². The summed E-state index contributed by atoms with van der Waals surface area (Å²) in [4.78, 5) is 0. The molecule has 0 rings (SSSR count). The molecule has 1 atom stereocenters. The Morgan fingerprint density at radius 1 is 1.00 bits per heavy atom. The van der Waals surface area contributed by atoms with Gasteiger partial charge in [-0.05, 0) is 39.0 Å². The number of allylic oxidation sites excluding steroid dienone is 6. The van der Waals surface area contributed by atoms with Crippen LogP contribution in [0.4, 0.5) is 0 Å². The Morgan fingerprint density at radius 3 is 2.33 bits per heavy atom. The largest absolute Gasteiger partial charge is 0.304 e. The highest BCUT2D eigenvalue weighted by Crippen LogP contribution is 2.00. The third-order valence-electron chi connectivity index (χ3n) is 2.19. The molecule has 0 spiro atoms. The van der Waals surface area contributed by atoms with E-state index in [-0.39, 0.29) is 0 Å². The fourth-order valence-electron chi connectivity index (χ4n) is 1.24. The molecule has 0 amide bonds. The molecule has 0 heterocycles. The molecule has 0 aliphatic rings. The minimum Gasteiger partial charge on any atom is -0.272 e. The lowest BCUT2D eigenvalue weighted by atomic mass is 10.2. The first-order valence-electron chi connectivity index (χ1n) is 6.32. The Morgan fingerprint density at radius 2 is 1.67 bits per heavy atom. The molecule has 0 aromatic carbocycles. The van der Waals surface area contributed by atoms with Crippen LogP contribution in [-0.4, -0.2) is 17.9 Å². The number of rotatable bonds is 11. The number of hydrogen-bond donors (Lipinski definition) is 0. The summed E-state index contributed by atoms with van der Waals surface area (Å²) < 4.78 is 20.1. The highest BCUT2D eigenvalue weighted by atomic mass is 32.2. The van der Waals surface area contributed by atoms with E-state index >= 15 is 0 Å². The topological polar surface area (TPSA) is 35.5 Å². The molecule has 0 aliphatic heterocycles. The van der Waals surface area contributed by atoms with E-state index in [1.165, 1.54) is 7.11 Å². The van der Waals surface area contributed by atoms with Crippen LogP contribution in [0.5, 0.6) is 0 Å². The summed E-state index contributed by atoms with van der Waals surface area (Å²) in [6, 6.07) is 0. The zero-order chi connectivity index (χ0) is 13.5. The molecule has 0 fully saturated rings. The lowest BCUT2D eigenvalue weighted by Gasteiger charge is -1.99. The molecule has 18 heavy (non-hydrogen) atoms. The number of unbranched alkanes of at least 4 members (excludes halogenated alkanes) is 2. The van der Waals surface area contributed by atoms with Crippen LogP contribution >= 0.6 is 0 Å². The first-order chi connectivity index (χ1) is 8.81. The van der Waals surface area contributed by atoms with Gasteiger partial charge >= 0.3 is 11.4 Å². The lowest BCUT2D eigenvalue weighted by molar-refractivity contribution is 0.276. The molecule has 4 heteroatoms. The van der Waals surface area contributed by atoms with Crippen molar-refractivity contribution in [2.24, 2.45) is 0 Å². The van der Waals surface area contributed by atoms with Crippen molar-refractivity contribution in [3.63, 3.8) is 0 Å². The molecule has 0 aromatic heterocycles. The summed E-state index contributed by atoms with van der Waals surface area (Å²) in [6.07, 6.45) is 17.8. The van der Waals surface area contributed by atoms with Gasteiger partial charge in [0.15, 0.2) is 0 Å². The number of hydrogen-bond acceptors (Lipinski definition) is 3. The molecular weight excluding hydrogens is 248 g/mol. The van der Waals surface area contributed by atoms with Crippen molar-refractivity contribution < 1.29 is 12.6 Å². The first kappa shape index (κ1) is 17.3. The Kier molecular flexibility index (Phi) is 13.8. The Balaban J connectivity index is 3.28. The average molecular weight is 272 g/mol. The monoisotopic (exact) mass is 272 g/mol. The van der Waals surface area contributed by atoms with Gasteiger partial charge in [-0.3, -0.25) is 8.37 Å². The van der Waals surface area contributed by atoms with Gasteiger partial charge in [0.1, 0.15) is 0 Å². The van der Waals surface area contributed by atoms with Gasteiger partial charge in [0, 0.05) is 0 Å². The van der Waals surface area contributed by atoms with Crippen LogP contribution in [0.1, 0.15) is 39.0 Å². The van der Waals surface area contributed by atoms with Gasteiger partial charge in [0.2, 0.25) is 0 Å². The minimum atomic E-state index is -1.57. The van der Waals surface area contributed by atoms with Crippen molar-refractivity contribution in [1.82, 2.24) is 0 Å². The average Bonchev–Trinajstić information content (AvgIpc) is 2.39. The summed E-state index contributed by atoms with van der Waals surface area (Å²) in [5.41, 5.74) is 0. The van der Waals surface area contributed by atoms with Crippen LogP contribution in [0.3, 0.4) is 0 Å². The smallest absolute Gasteiger partial charge is 0.272 e. The summed E-state index contributed by atoms with van der Waals surface area (Å²) in [6.45, 7) is 2.51. The molecule has 3 nitrogen and oxygen atoms in total. The van der Waals surface area contributed by atoms with Crippen molar-refractivity contribution in [1.29, 1.82) is 0 Å². The zero-order valence-electron chi connectivity index (χ0n) is 11.3. The maximum Gasteiger partial charge on any atom is 0.304 e. The molecule has 104 valence electrons. The summed E-state index contributed by atoms with van der Waals surface area (Å²) >= 11 is -1.57.